The van der Waals surface area contributed by atoms with Crippen molar-refractivity contribution >= 4 is 35.6 Å². The molecule has 3 rings (SSSR count). The molecular formula is C20H26IN3O2. The first-order valence-electron chi connectivity index (χ1n) is 8.56. The van der Waals surface area contributed by atoms with Crippen molar-refractivity contribution < 1.29 is 9.47 Å². The molecule has 0 amide bonds. The van der Waals surface area contributed by atoms with Crippen molar-refractivity contribution in [3.05, 3.63) is 52.6 Å². The van der Waals surface area contributed by atoms with E-state index in [0.29, 0.717) is 25.7 Å². The van der Waals surface area contributed by atoms with Gasteiger partial charge in [-0.05, 0) is 49.6 Å². The largest absolute Gasteiger partial charge is 0.490 e. The number of aliphatic imine (C=N–C) groups is 1. The Hall–Kier alpha value is -1.96. The number of fused-ring (bicyclic) bond motifs is 1. The van der Waals surface area contributed by atoms with E-state index in [-0.39, 0.29) is 24.0 Å². The molecule has 0 aliphatic carbocycles. The molecular weight excluding hydrogens is 441 g/mol. The van der Waals surface area contributed by atoms with Crippen LogP contribution in [0.1, 0.15) is 28.7 Å². The average Bonchev–Trinajstić information content (AvgIpc) is 2.78. The van der Waals surface area contributed by atoms with Crippen LogP contribution in [-0.2, 0) is 6.54 Å². The summed E-state index contributed by atoms with van der Waals surface area (Å²) in [6.45, 7) is 8.22. The fourth-order valence-corrected chi connectivity index (χ4v) is 3.05. The van der Waals surface area contributed by atoms with Crippen molar-refractivity contribution in [1.82, 2.24) is 0 Å². The molecule has 0 bridgehead atoms. The molecule has 0 aromatic heterocycles. The molecule has 0 saturated carbocycles. The number of guanidine groups is 1. The van der Waals surface area contributed by atoms with Gasteiger partial charge in [0.05, 0.1) is 19.8 Å². The Morgan fingerprint density at radius 2 is 1.69 bits per heavy atom. The minimum Gasteiger partial charge on any atom is -0.490 e. The van der Waals surface area contributed by atoms with Crippen LogP contribution < -0.4 is 20.5 Å². The zero-order valence-electron chi connectivity index (χ0n) is 15.5. The van der Waals surface area contributed by atoms with Gasteiger partial charge in [0.1, 0.15) is 0 Å². The molecule has 0 fully saturated rings. The molecule has 26 heavy (non-hydrogen) atoms. The van der Waals surface area contributed by atoms with E-state index in [2.05, 4.69) is 43.2 Å². The highest BCUT2D eigenvalue weighted by molar-refractivity contribution is 14.0. The number of ether oxygens (including phenoxy) is 2. The van der Waals surface area contributed by atoms with Crippen LogP contribution in [0.15, 0.2) is 35.3 Å². The lowest BCUT2D eigenvalue weighted by Gasteiger charge is -2.12. The Labute approximate surface area is 172 Å². The molecule has 3 N–H and O–H groups in total. The Bertz CT molecular complexity index is 783. The van der Waals surface area contributed by atoms with E-state index in [1.165, 1.54) is 22.3 Å². The molecule has 1 aliphatic heterocycles. The number of nitrogens with zero attached hydrogens (tertiary/aromatic N) is 1. The molecule has 1 heterocycles. The van der Waals surface area contributed by atoms with E-state index in [0.717, 1.165) is 23.6 Å². The lowest BCUT2D eigenvalue weighted by molar-refractivity contribution is 0.297. The highest BCUT2D eigenvalue weighted by atomic mass is 127. The number of hydrogen-bond acceptors (Lipinski definition) is 3. The molecule has 1 aliphatic rings. The summed E-state index contributed by atoms with van der Waals surface area (Å²) < 4.78 is 11.3. The smallest absolute Gasteiger partial charge is 0.193 e. The number of halogens is 1. The number of nitrogens with one attached hydrogen (secondary N) is 1. The SMILES string of the molecule is Cc1cc(C)c(CN=C(N)Nc2ccc3c(c2)OCCCO3)c(C)c1.I. The highest BCUT2D eigenvalue weighted by Gasteiger charge is 2.11. The van der Waals surface area contributed by atoms with Crippen LogP contribution in [0.25, 0.3) is 0 Å². The molecule has 0 spiro atoms. The van der Waals surface area contributed by atoms with Gasteiger partial charge in [0.2, 0.25) is 0 Å². The quantitative estimate of drug-likeness (QED) is 0.401. The molecule has 0 radical (unpaired) electrons. The molecule has 2 aromatic carbocycles. The molecule has 0 atom stereocenters. The third-order valence-corrected chi connectivity index (χ3v) is 4.27. The van der Waals surface area contributed by atoms with Crippen LogP contribution in [0.5, 0.6) is 11.5 Å². The molecule has 140 valence electrons. The topological polar surface area (TPSA) is 68.9 Å². The average molecular weight is 467 g/mol. The zero-order valence-corrected chi connectivity index (χ0v) is 17.8. The summed E-state index contributed by atoms with van der Waals surface area (Å²) in [6, 6.07) is 10.0. The second-order valence-electron chi connectivity index (χ2n) is 6.42. The number of nitrogens with two attached hydrogens (primary N) is 1. The van der Waals surface area contributed by atoms with E-state index in [9.17, 15) is 0 Å². The fraction of sp³-hybridized carbons (Fsp3) is 0.350. The van der Waals surface area contributed by atoms with Gasteiger partial charge in [0.15, 0.2) is 17.5 Å². The monoisotopic (exact) mass is 467 g/mol. The Kier molecular flexibility index (Phi) is 7.14. The van der Waals surface area contributed by atoms with Crippen LogP contribution in [0, 0.1) is 20.8 Å². The summed E-state index contributed by atoms with van der Waals surface area (Å²) in [6.07, 6.45) is 0.885. The third kappa shape index (κ3) is 5.03. The van der Waals surface area contributed by atoms with Gasteiger partial charge in [0, 0.05) is 18.2 Å². The zero-order chi connectivity index (χ0) is 17.8. The van der Waals surface area contributed by atoms with Crippen LogP contribution >= 0.6 is 24.0 Å². The maximum atomic E-state index is 6.06. The normalized spacial score (nSPS) is 13.6. The number of rotatable bonds is 3. The molecule has 2 aromatic rings. The Balaban J connectivity index is 0.00000243. The van der Waals surface area contributed by atoms with E-state index in [1.807, 2.05) is 18.2 Å². The number of hydrogen-bond donors (Lipinski definition) is 2. The maximum Gasteiger partial charge on any atom is 0.193 e. The van der Waals surface area contributed by atoms with Crippen molar-refractivity contribution in [3.63, 3.8) is 0 Å². The summed E-state index contributed by atoms with van der Waals surface area (Å²) >= 11 is 0. The molecule has 0 saturated heterocycles. The van der Waals surface area contributed by atoms with Gasteiger partial charge in [-0.15, -0.1) is 24.0 Å². The third-order valence-electron chi connectivity index (χ3n) is 4.27. The Morgan fingerprint density at radius 1 is 1.04 bits per heavy atom. The van der Waals surface area contributed by atoms with Gasteiger partial charge in [0.25, 0.3) is 0 Å². The van der Waals surface area contributed by atoms with Gasteiger partial charge in [-0.3, -0.25) is 0 Å². The van der Waals surface area contributed by atoms with Gasteiger partial charge in [-0.25, -0.2) is 4.99 Å². The van der Waals surface area contributed by atoms with Gasteiger partial charge >= 0.3 is 0 Å². The first-order valence-corrected chi connectivity index (χ1v) is 8.56. The van der Waals surface area contributed by atoms with E-state index in [4.69, 9.17) is 15.2 Å². The molecule has 5 nitrogen and oxygen atoms in total. The Morgan fingerprint density at radius 3 is 2.38 bits per heavy atom. The van der Waals surface area contributed by atoms with Crippen molar-refractivity contribution in [1.29, 1.82) is 0 Å². The minimum absolute atomic E-state index is 0. The number of aryl methyl sites for hydroxylation is 3. The molecule has 0 unspecified atom stereocenters. The van der Waals surface area contributed by atoms with E-state index < -0.39 is 0 Å². The summed E-state index contributed by atoms with van der Waals surface area (Å²) in [7, 11) is 0. The predicted octanol–water partition coefficient (Wildman–Crippen LogP) is 4.32. The maximum absolute atomic E-state index is 6.06. The summed E-state index contributed by atoms with van der Waals surface area (Å²) in [5, 5.41) is 3.13. The van der Waals surface area contributed by atoms with Crippen molar-refractivity contribution in [2.45, 2.75) is 33.7 Å². The predicted molar refractivity (Wildman–Crippen MR) is 117 cm³/mol. The lowest BCUT2D eigenvalue weighted by atomic mass is 10.00. The molecule has 6 heteroatoms. The van der Waals surface area contributed by atoms with Crippen molar-refractivity contribution in [2.24, 2.45) is 10.7 Å². The minimum atomic E-state index is 0. The fourth-order valence-electron chi connectivity index (χ4n) is 3.05. The number of benzene rings is 2. The standard InChI is InChI=1S/C20H25N3O2.HI/c1-13-9-14(2)17(15(3)10-13)12-22-20(21)23-16-5-6-18-19(11-16)25-8-4-7-24-18;/h5-6,9-11H,4,7-8,12H2,1-3H3,(H3,21,22,23);1H. The summed E-state index contributed by atoms with van der Waals surface area (Å²) in [4.78, 5) is 4.48. The van der Waals surface area contributed by atoms with Gasteiger partial charge in [-0.2, -0.15) is 0 Å². The van der Waals surface area contributed by atoms with Crippen LogP contribution in [-0.4, -0.2) is 19.2 Å². The van der Waals surface area contributed by atoms with Crippen LogP contribution in [0.4, 0.5) is 5.69 Å². The lowest BCUT2D eigenvalue weighted by Crippen LogP contribution is -2.22. The summed E-state index contributed by atoms with van der Waals surface area (Å²) in [5.74, 6) is 1.89. The van der Waals surface area contributed by atoms with E-state index >= 15 is 0 Å². The summed E-state index contributed by atoms with van der Waals surface area (Å²) in [5.41, 5.74) is 11.9. The highest BCUT2D eigenvalue weighted by Crippen LogP contribution is 2.32. The van der Waals surface area contributed by atoms with E-state index in [1.54, 1.807) is 0 Å². The second-order valence-corrected chi connectivity index (χ2v) is 6.42. The second kappa shape index (κ2) is 9.12. The van der Waals surface area contributed by atoms with Gasteiger partial charge < -0.3 is 20.5 Å². The van der Waals surface area contributed by atoms with Gasteiger partial charge in [-0.1, -0.05) is 17.7 Å². The first kappa shape index (κ1) is 20.4. The van der Waals surface area contributed by atoms with Crippen LogP contribution in [0.2, 0.25) is 0 Å². The first-order chi connectivity index (χ1) is 12.0. The van der Waals surface area contributed by atoms with Crippen molar-refractivity contribution in [2.75, 3.05) is 18.5 Å². The van der Waals surface area contributed by atoms with Crippen molar-refractivity contribution in [3.8, 4) is 11.5 Å². The number of anilines is 1. The van der Waals surface area contributed by atoms with Crippen LogP contribution in [0.3, 0.4) is 0 Å².